The first-order chi connectivity index (χ1) is 21.8. The van der Waals surface area contributed by atoms with Gasteiger partial charge in [-0.2, -0.15) is 0 Å². The van der Waals surface area contributed by atoms with Gasteiger partial charge < -0.3 is 4.74 Å². The Morgan fingerprint density at radius 3 is 2.09 bits per heavy atom. The van der Waals surface area contributed by atoms with Crippen molar-refractivity contribution >= 4 is 32.2 Å². The van der Waals surface area contributed by atoms with E-state index in [1.165, 1.54) is 43.3 Å². The van der Waals surface area contributed by atoms with Crippen molar-refractivity contribution in [3.8, 4) is 67.3 Å². The molecule has 0 unspecified atom stereocenters. The number of aromatic nitrogens is 1. The van der Waals surface area contributed by atoms with Crippen LogP contribution in [0.25, 0.3) is 76.6 Å². The molecule has 0 radical (unpaired) electrons. The van der Waals surface area contributed by atoms with Gasteiger partial charge in [-0.05, 0) is 92.0 Å². The normalized spacial score (nSPS) is 11.8. The minimum atomic E-state index is 0.868. The summed E-state index contributed by atoms with van der Waals surface area (Å²) in [5, 5.41) is 5.69. The van der Waals surface area contributed by atoms with Crippen molar-refractivity contribution in [1.29, 1.82) is 0 Å². The third kappa shape index (κ3) is 4.05. The Morgan fingerprint density at radius 2 is 1.20 bits per heavy atom. The molecule has 0 amide bonds. The van der Waals surface area contributed by atoms with Gasteiger partial charge in [0, 0.05) is 33.0 Å². The van der Waals surface area contributed by atoms with Crippen LogP contribution in [-0.4, -0.2) is 4.98 Å². The maximum Gasteiger partial charge on any atom is 0.136 e. The first-order valence-corrected chi connectivity index (χ1v) is 15.6. The minimum absolute atomic E-state index is 0.868. The van der Waals surface area contributed by atoms with E-state index in [-0.39, 0.29) is 0 Å². The van der Waals surface area contributed by atoms with Crippen LogP contribution in [0.5, 0.6) is 11.5 Å². The largest absolute Gasteiger partial charge is 0.456 e. The number of hydrogen-bond acceptors (Lipinski definition) is 3. The number of fused-ring (bicyclic) bond motifs is 7. The molecule has 0 saturated heterocycles. The molecule has 0 spiro atoms. The minimum Gasteiger partial charge on any atom is -0.456 e. The van der Waals surface area contributed by atoms with Crippen molar-refractivity contribution in [3.63, 3.8) is 0 Å². The molecule has 0 saturated carbocycles. The molecule has 0 fully saturated rings. The standard InChI is InChI=1S/C41H25NOS/c1-2-8-26(9-3-1)35-23-30(41-32-11-5-4-10-27(32)18-20-42-41)14-16-31(35)28-15-17-38-36(22-28)33-12-6-7-13-34(33)37-25-40-29(19-21-44-40)24-39(37)43-38/h1-25H. The Balaban J connectivity index is 1.24. The van der Waals surface area contributed by atoms with Crippen molar-refractivity contribution < 1.29 is 4.74 Å². The molecule has 8 aromatic rings. The Kier molecular flexibility index (Phi) is 5.71. The maximum atomic E-state index is 6.68. The third-order valence-electron chi connectivity index (χ3n) is 8.62. The predicted octanol–water partition coefficient (Wildman–Crippen LogP) is 11.9. The van der Waals surface area contributed by atoms with Crippen molar-refractivity contribution in [2.24, 2.45) is 0 Å². The average Bonchev–Trinajstić information content (AvgIpc) is 3.50. The van der Waals surface area contributed by atoms with Crippen LogP contribution in [-0.2, 0) is 0 Å². The van der Waals surface area contributed by atoms with E-state index in [2.05, 4.69) is 145 Å². The highest BCUT2D eigenvalue weighted by Gasteiger charge is 2.23. The molecule has 3 heteroatoms. The highest BCUT2D eigenvalue weighted by molar-refractivity contribution is 7.17. The summed E-state index contributed by atoms with van der Waals surface area (Å²) in [6, 6.07) is 49.8. The Hall–Kier alpha value is -5.51. The summed E-state index contributed by atoms with van der Waals surface area (Å²) in [7, 11) is 0. The van der Waals surface area contributed by atoms with E-state index in [0.29, 0.717) is 0 Å². The molecule has 0 atom stereocenters. The monoisotopic (exact) mass is 579 g/mol. The fourth-order valence-electron chi connectivity index (χ4n) is 6.50. The molecule has 1 aliphatic rings. The van der Waals surface area contributed by atoms with E-state index < -0.39 is 0 Å². The molecule has 0 aliphatic carbocycles. The van der Waals surface area contributed by atoms with Gasteiger partial charge in [0.05, 0.1) is 5.69 Å². The van der Waals surface area contributed by atoms with Crippen LogP contribution in [0.2, 0.25) is 0 Å². The summed E-state index contributed by atoms with van der Waals surface area (Å²) in [5.74, 6) is 1.76. The molecule has 3 heterocycles. The summed E-state index contributed by atoms with van der Waals surface area (Å²) in [5.41, 5.74) is 11.3. The molecule has 0 N–H and O–H groups in total. The summed E-state index contributed by atoms with van der Waals surface area (Å²) in [6.45, 7) is 0. The third-order valence-corrected chi connectivity index (χ3v) is 9.50. The Morgan fingerprint density at radius 1 is 0.455 bits per heavy atom. The van der Waals surface area contributed by atoms with Gasteiger partial charge in [-0.25, -0.2) is 0 Å². The zero-order valence-electron chi connectivity index (χ0n) is 23.7. The van der Waals surface area contributed by atoms with Crippen LogP contribution in [0.15, 0.2) is 151 Å². The lowest BCUT2D eigenvalue weighted by Crippen LogP contribution is -1.92. The van der Waals surface area contributed by atoms with Gasteiger partial charge >= 0.3 is 0 Å². The van der Waals surface area contributed by atoms with Crippen LogP contribution >= 0.6 is 11.3 Å². The van der Waals surface area contributed by atoms with Crippen molar-refractivity contribution in [2.75, 3.05) is 0 Å². The van der Waals surface area contributed by atoms with Crippen molar-refractivity contribution in [2.45, 2.75) is 0 Å². The van der Waals surface area contributed by atoms with Gasteiger partial charge in [-0.15, -0.1) is 11.3 Å². The van der Waals surface area contributed by atoms with Gasteiger partial charge in [0.25, 0.3) is 0 Å². The molecule has 9 rings (SSSR count). The topological polar surface area (TPSA) is 22.1 Å². The molecule has 44 heavy (non-hydrogen) atoms. The molecule has 2 nitrogen and oxygen atoms in total. The lowest BCUT2D eigenvalue weighted by Gasteiger charge is -2.16. The van der Waals surface area contributed by atoms with Crippen LogP contribution in [0.1, 0.15) is 0 Å². The molecule has 2 aromatic heterocycles. The lowest BCUT2D eigenvalue weighted by molar-refractivity contribution is 0.488. The van der Waals surface area contributed by atoms with Gasteiger partial charge in [-0.3, -0.25) is 4.98 Å². The zero-order chi connectivity index (χ0) is 29.0. The van der Waals surface area contributed by atoms with E-state index in [4.69, 9.17) is 9.72 Å². The molecule has 6 aromatic carbocycles. The second-order valence-corrected chi connectivity index (χ2v) is 12.1. The second kappa shape index (κ2) is 10.0. The summed E-state index contributed by atoms with van der Waals surface area (Å²) in [4.78, 5) is 4.83. The highest BCUT2D eigenvalue weighted by atomic mass is 32.1. The summed E-state index contributed by atoms with van der Waals surface area (Å²) < 4.78 is 7.95. The molecular weight excluding hydrogens is 555 g/mol. The van der Waals surface area contributed by atoms with E-state index in [9.17, 15) is 0 Å². The summed E-state index contributed by atoms with van der Waals surface area (Å²) in [6.07, 6.45) is 1.90. The maximum absolute atomic E-state index is 6.68. The fraction of sp³-hybridized carbons (Fsp3) is 0. The SMILES string of the molecule is c1ccc(-c2cc(-c3nccc4ccccc34)ccc2-c2ccc3c(c2)-c2ccccc2-c2cc4sccc4cc2O3)cc1. The Bertz CT molecular complexity index is 2360. The number of hydrogen-bond donors (Lipinski definition) is 0. The van der Waals surface area contributed by atoms with E-state index in [1.54, 1.807) is 11.3 Å². The summed E-state index contributed by atoms with van der Waals surface area (Å²) >= 11 is 1.76. The van der Waals surface area contributed by atoms with E-state index in [0.717, 1.165) is 44.8 Å². The fourth-order valence-corrected chi connectivity index (χ4v) is 7.31. The van der Waals surface area contributed by atoms with Crippen LogP contribution in [0.3, 0.4) is 0 Å². The van der Waals surface area contributed by atoms with Gasteiger partial charge in [0.1, 0.15) is 11.5 Å². The highest BCUT2D eigenvalue weighted by Crippen LogP contribution is 2.49. The quantitative estimate of drug-likeness (QED) is 0.208. The number of benzene rings is 6. The number of thiophene rings is 1. The first kappa shape index (κ1) is 25.0. The number of nitrogens with zero attached hydrogens (tertiary/aromatic N) is 1. The molecular formula is C41H25NOS. The molecule has 206 valence electrons. The van der Waals surface area contributed by atoms with E-state index in [1.807, 2.05) is 6.20 Å². The van der Waals surface area contributed by atoms with Crippen molar-refractivity contribution in [3.05, 3.63) is 151 Å². The first-order valence-electron chi connectivity index (χ1n) is 14.8. The van der Waals surface area contributed by atoms with Crippen LogP contribution in [0, 0.1) is 0 Å². The average molecular weight is 580 g/mol. The van der Waals surface area contributed by atoms with E-state index >= 15 is 0 Å². The zero-order valence-corrected chi connectivity index (χ0v) is 24.5. The smallest absolute Gasteiger partial charge is 0.136 e. The number of pyridine rings is 1. The Labute approximate surface area is 259 Å². The molecule has 0 bridgehead atoms. The van der Waals surface area contributed by atoms with Gasteiger partial charge in [0.15, 0.2) is 0 Å². The van der Waals surface area contributed by atoms with Crippen molar-refractivity contribution in [1.82, 2.24) is 4.98 Å². The predicted molar refractivity (Wildman–Crippen MR) is 184 cm³/mol. The van der Waals surface area contributed by atoms with Gasteiger partial charge in [0.2, 0.25) is 0 Å². The number of rotatable bonds is 3. The van der Waals surface area contributed by atoms with Crippen LogP contribution in [0.4, 0.5) is 0 Å². The van der Waals surface area contributed by atoms with Gasteiger partial charge in [-0.1, -0.05) is 97.1 Å². The van der Waals surface area contributed by atoms with Crippen LogP contribution < -0.4 is 4.74 Å². The number of ether oxygens (including phenoxy) is 1. The molecule has 1 aliphatic heterocycles. The second-order valence-electron chi connectivity index (χ2n) is 11.2. The lowest BCUT2D eigenvalue weighted by atomic mass is 9.89.